The van der Waals surface area contributed by atoms with E-state index in [0.717, 1.165) is 6.20 Å². The number of nitrogens with one attached hydrogen (secondary N) is 1. The maximum absolute atomic E-state index is 10.4. The highest BCUT2D eigenvalue weighted by Gasteiger charge is 2.01. The van der Waals surface area contributed by atoms with E-state index in [9.17, 15) is 4.79 Å². The van der Waals surface area contributed by atoms with Crippen LogP contribution in [0, 0.1) is 11.3 Å². The third-order valence-corrected chi connectivity index (χ3v) is 0.863. The molecule has 5 N–H and O–H groups in total. The third kappa shape index (κ3) is 3.89. The van der Waals surface area contributed by atoms with Gasteiger partial charge in [0.25, 0.3) is 5.91 Å². The van der Waals surface area contributed by atoms with E-state index in [4.69, 9.17) is 16.7 Å². The maximum atomic E-state index is 10.4. The highest BCUT2D eigenvalue weighted by atomic mass is 32.1. The summed E-state index contributed by atoms with van der Waals surface area (Å²) >= 11 is 4.41. The van der Waals surface area contributed by atoms with Crippen LogP contribution in [-0.4, -0.2) is 11.0 Å². The molecule has 0 aromatic carbocycles. The zero-order chi connectivity index (χ0) is 8.85. The van der Waals surface area contributed by atoms with Gasteiger partial charge in [-0.1, -0.05) is 0 Å². The molecule has 0 spiro atoms. The van der Waals surface area contributed by atoms with Gasteiger partial charge in [-0.25, -0.2) is 0 Å². The standard InChI is InChI=1S/C5H6N4OS/c6-1-3(4(7)10)2-9-5(8)11/h2H,(H2,7,10)(H3,8,9,11)/b3-2-. The summed E-state index contributed by atoms with van der Waals surface area (Å²) in [6, 6.07) is 1.57. The number of nitrogens with zero attached hydrogens (tertiary/aromatic N) is 1. The van der Waals surface area contributed by atoms with Gasteiger partial charge in [-0.2, -0.15) is 5.26 Å². The third-order valence-electron chi connectivity index (χ3n) is 0.745. The van der Waals surface area contributed by atoms with Crippen LogP contribution in [0.5, 0.6) is 0 Å². The summed E-state index contributed by atoms with van der Waals surface area (Å²) in [6.07, 6.45) is 1.06. The summed E-state index contributed by atoms with van der Waals surface area (Å²) in [4.78, 5) is 10.4. The average molecular weight is 170 g/mol. The molecule has 0 fully saturated rings. The second kappa shape index (κ2) is 4.24. The number of nitriles is 1. The van der Waals surface area contributed by atoms with E-state index in [1.165, 1.54) is 0 Å². The zero-order valence-electron chi connectivity index (χ0n) is 5.50. The molecule has 0 aliphatic carbocycles. The Morgan fingerprint density at radius 2 is 2.18 bits per heavy atom. The number of amides is 1. The van der Waals surface area contributed by atoms with Crippen LogP contribution >= 0.6 is 12.2 Å². The number of hydrogen-bond acceptors (Lipinski definition) is 3. The van der Waals surface area contributed by atoms with Gasteiger partial charge in [-0.15, -0.1) is 0 Å². The molecule has 0 aromatic rings. The Morgan fingerprint density at radius 3 is 2.45 bits per heavy atom. The van der Waals surface area contributed by atoms with Crippen molar-refractivity contribution in [3.63, 3.8) is 0 Å². The molecule has 0 saturated carbocycles. The Labute approximate surface area is 68.7 Å². The smallest absolute Gasteiger partial charge is 0.260 e. The Balaban J connectivity index is 4.28. The van der Waals surface area contributed by atoms with E-state index in [0.29, 0.717) is 0 Å². The van der Waals surface area contributed by atoms with Crippen LogP contribution in [0.15, 0.2) is 11.8 Å². The Hall–Kier alpha value is -1.61. The average Bonchev–Trinajstić information content (AvgIpc) is 1.87. The van der Waals surface area contributed by atoms with Crippen molar-refractivity contribution in [2.75, 3.05) is 0 Å². The maximum Gasteiger partial charge on any atom is 0.260 e. The molecule has 0 radical (unpaired) electrons. The van der Waals surface area contributed by atoms with Gasteiger partial charge in [-0.05, 0) is 12.2 Å². The summed E-state index contributed by atoms with van der Waals surface area (Å²) < 4.78 is 0. The Bertz CT molecular complexity index is 252. The molecule has 0 aliphatic rings. The molecule has 0 bridgehead atoms. The van der Waals surface area contributed by atoms with E-state index in [1.54, 1.807) is 6.07 Å². The lowest BCUT2D eigenvalue weighted by molar-refractivity contribution is -0.114. The van der Waals surface area contributed by atoms with Crippen LogP contribution in [0.1, 0.15) is 0 Å². The SMILES string of the molecule is N#C/C(=C/NC(N)=S)C(N)=O. The van der Waals surface area contributed by atoms with Crippen LogP contribution in [0.3, 0.4) is 0 Å². The number of rotatable bonds is 2. The topological polar surface area (TPSA) is 105 Å². The summed E-state index contributed by atoms with van der Waals surface area (Å²) in [7, 11) is 0. The number of thiocarbonyl (C=S) groups is 1. The lowest BCUT2D eigenvalue weighted by Gasteiger charge is -1.94. The Kier molecular flexibility index (Phi) is 3.62. The van der Waals surface area contributed by atoms with E-state index < -0.39 is 5.91 Å². The molecule has 5 nitrogen and oxygen atoms in total. The molecular formula is C5H6N4OS. The minimum absolute atomic E-state index is 0.0287. The summed E-state index contributed by atoms with van der Waals surface area (Å²) in [5, 5.41) is 10.5. The van der Waals surface area contributed by atoms with Crippen molar-refractivity contribution in [1.82, 2.24) is 5.32 Å². The normalized spacial score (nSPS) is 9.91. The van der Waals surface area contributed by atoms with Crippen LogP contribution in [-0.2, 0) is 4.79 Å². The molecule has 0 rings (SSSR count). The molecule has 0 heterocycles. The highest BCUT2D eigenvalue weighted by Crippen LogP contribution is 1.85. The molecule has 0 aliphatic heterocycles. The minimum atomic E-state index is -0.823. The Morgan fingerprint density at radius 1 is 1.64 bits per heavy atom. The minimum Gasteiger partial charge on any atom is -0.376 e. The number of carbonyl (C=O) groups is 1. The number of carbonyl (C=O) groups excluding carboxylic acids is 1. The predicted molar refractivity (Wildman–Crippen MR) is 42.8 cm³/mol. The van der Waals surface area contributed by atoms with Gasteiger partial charge in [-0.3, -0.25) is 4.79 Å². The number of hydrogen-bond donors (Lipinski definition) is 3. The van der Waals surface area contributed by atoms with E-state index in [2.05, 4.69) is 17.5 Å². The van der Waals surface area contributed by atoms with Crippen molar-refractivity contribution in [2.24, 2.45) is 11.5 Å². The van der Waals surface area contributed by atoms with Crippen molar-refractivity contribution in [3.05, 3.63) is 11.8 Å². The van der Waals surface area contributed by atoms with Gasteiger partial charge in [0.1, 0.15) is 11.6 Å². The lowest BCUT2D eigenvalue weighted by atomic mass is 10.3. The molecule has 6 heteroatoms. The zero-order valence-corrected chi connectivity index (χ0v) is 6.31. The van der Waals surface area contributed by atoms with Crippen molar-refractivity contribution < 1.29 is 4.79 Å². The molecule has 0 saturated heterocycles. The van der Waals surface area contributed by atoms with E-state index >= 15 is 0 Å². The fraction of sp³-hybridized carbons (Fsp3) is 0. The van der Waals surface area contributed by atoms with Crippen LogP contribution < -0.4 is 16.8 Å². The van der Waals surface area contributed by atoms with Gasteiger partial charge in [0.2, 0.25) is 0 Å². The van der Waals surface area contributed by atoms with Gasteiger partial charge >= 0.3 is 0 Å². The van der Waals surface area contributed by atoms with Crippen LogP contribution in [0.4, 0.5) is 0 Å². The molecule has 58 valence electrons. The molecule has 0 unspecified atom stereocenters. The summed E-state index contributed by atoms with van der Waals surface area (Å²) in [5.41, 5.74) is 9.57. The first-order valence-corrected chi connectivity index (χ1v) is 2.94. The molecule has 11 heavy (non-hydrogen) atoms. The first-order chi connectivity index (χ1) is 5.07. The molecule has 0 aromatic heterocycles. The van der Waals surface area contributed by atoms with Gasteiger partial charge < -0.3 is 16.8 Å². The van der Waals surface area contributed by atoms with E-state index in [1.807, 2.05) is 0 Å². The van der Waals surface area contributed by atoms with E-state index in [-0.39, 0.29) is 10.7 Å². The quantitative estimate of drug-likeness (QED) is 0.272. The highest BCUT2D eigenvalue weighted by molar-refractivity contribution is 7.80. The van der Waals surface area contributed by atoms with Gasteiger partial charge in [0, 0.05) is 6.20 Å². The first kappa shape index (κ1) is 9.39. The van der Waals surface area contributed by atoms with Gasteiger partial charge in [0.05, 0.1) is 0 Å². The van der Waals surface area contributed by atoms with Gasteiger partial charge in [0.15, 0.2) is 5.11 Å². The van der Waals surface area contributed by atoms with Crippen molar-refractivity contribution in [1.29, 1.82) is 5.26 Å². The summed E-state index contributed by atoms with van der Waals surface area (Å²) in [5.74, 6) is -0.823. The fourth-order valence-corrected chi connectivity index (χ4v) is 0.361. The van der Waals surface area contributed by atoms with Crippen molar-refractivity contribution in [2.45, 2.75) is 0 Å². The number of nitrogens with two attached hydrogens (primary N) is 2. The second-order valence-corrected chi connectivity index (χ2v) is 1.98. The van der Waals surface area contributed by atoms with Crippen molar-refractivity contribution >= 4 is 23.2 Å². The largest absolute Gasteiger partial charge is 0.376 e. The summed E-state index contributed by atoms with van der Waals surface area (Å²) in [6.45, 7) is 0. The fourth-order valence-electron chi connectivity index (χ4n) is 0.302. The van der Waals surface area contributed by atoms with Crippen molar-refractivity contribution in [3.8, 4) is 6.07 Å². The predicted octanol–water partition coefficient (Wildman–Crippen LogP) is -1.29. The molecular weight excluding hydrogens is 164 g/mol. The second-order valence-electron chi connectivity index (χ2n) is 1.54. The monoisotopic (exact) mass is 170 g/mol. The molecule has 0 atom stereocenters. The van der Waals surface area contributed by atoms with Crippen LogP contribution in [0.2, 0.25) is 0 Å². The first-order valence-electron chi connectivity index (χ1n) is 2.54. The molecule has 1 amide bonds. The van der Waals surface area contributed by atoms with Crippen LogP contribution in [0.25, 0.3) is 0 Å². The number of primary amides is 1. The lowest BCUT2D eigenvalue weighted by Crippen LogP contribution is -2.26.